The number of benzene rings is 2. The molecule has 0 heterocycles. The zero-order valence-corrected chi connectivity index (χ0v) is 17.2. The van der Waals surface area contributed by atoms with Gasteiger partial charge in [-0.05, 0) is 30.2 Å². The Morgan fingerprint density at radius 3 is 2.54 bits per heavy atom. The molecule has 2 aromatic rings. The number of halogens is 1. The Balaban J connectivity index is 0.00000338. The molecule has 2 rings (SSSR count). The lowest BCUT2D eigenvalue weighted by molar-refractivity contribution is 0.186. The maximum absolute atomic E-state index is 12.3. The number of aliphatic hydroxyl groups is 1. The molecule has 0 aliphatic heterocycles. The number of rotatable bonds is 8. The summed E-state index contributed by atoms with van der Waals surface area (Å²) in [6, 6.07) is 18.4. The predicted molar refractivity (Wildman–Crippen MR) is 109 cm³/mol. The summed E-state index contributed by atoms with van der Waals surface area (Å²) >= 11 is 0. The summed E-state index contributed by atoms with van der Waals surface area (Å²) in [5.74, 6) is 0. The quantitative estimate of drug-likeness (QED) is 0.547. The van der Waals surface area contributed by atoms with Gasteiger partial charge < -0.3 is 15.3 Å². The molecular weight excluding hydrogens is 415 g/mol. The van der Waals surface area contributed by atoms with Crippen LogP contribution in [-0.4, -0.2) is 28.8 Å². The first-order chi connectivity index (χ1) is 11.9. The van der Waals surface area contributed by atoms with E-state index >= 15 is 0 Å². The normalized spacial score (nSPS) is 15.2. The van der Waals surface area contributed by atoms with E-state index in [1.807, 2.05) is 37.3 Å². The molecule has 0 saturated heterocycles. The monoisotopic (exact) mass is 438 g/mol. The van der Waals surface area contributed by atoms with Gasteiger partial charge in [-0.25, -0.2) is 0 Å². The van der Waals surface area contributed by atoms with E-state index in [4.69, 9.17) is 5.26 Å². The highest BCUT2D eigenvalue weighted by molar-refractivity contribution is 8.93. The number of nitrogens with zero attached hydrogens (tertiary/aromatic N) is 1. The van der Waals surface area contributed by atoms with Crippen molar-refractivity contribution in [3.8, 4) is 6.07 Å². The second kappa shape index (κ2) is 10.6. The van der Waals surface area contributed by atoms with Crippen LogP contribution in [0.25, 0.3) is 0 Å². The molecule has 0 spiro atoms. The molecule has 5 nitrogen and oxygen atoms in total. The van der Waals surface area contributed by atoms with E-state index in [2.05, 4.69) is 11.4 Å². The lowest BCUT2D eigenvalue weighted by Gasteiger charge is -2.20. The molecule has 0 fully saturated rings. The standard InChI is InChI=1S/C19H23N2O3P.BrH/c1-15(18-9-5-8-17(10-18)11-20)21-12-19(22)14-25(23,24)13-16-6-3-2-4-7-16;/h2-10,15,19,21-22H,12-14H2,1H3,(H,23,24);1H. The van der Waals surface area contributed by atoms with Crippen LogP contribution in [0.3, 0.4) is 0 Å². The third kappa shape index (κ3) is 7.41. The third-order valence-corrected chi connectivity index (χ3v) is 5.80. The molecule has 0 amide bonds. The Morgan fingerprint density at radius 2 is 1.88 bits per heavy atom. The summed E-state index contributed by atoms with van der Waals surface area (Å²) in [5, 5.41) is 22.2. The van der Waals surface area contributed by atoms with Crippen LogP contribution in [0, 0.1) is 11.3 Å². The van der Waals surface area contributed by atoms with Gasteiger partial charge in [-0.2, -0.15) is 5.26 Å². The van der Waals surface area contributed by atoms with Crippen molar-refractivity contribution in [2.24, 2.45) is 0 Å². The number of aliphatic hydroxyl groups excluding tert-OH is 1. The molecule has 140 valence electrons. The van der Waals surface area contributed by atoms with Gasteiger partial charge in [0.15, 0.2) is 0 Å². The van der Waals surface area contributed by atoms with Crippen molar-refractivity contribution in [3.05, 3.63) is 71.3 Å². The highest BCUT2D eigenvalue weighted by atomic mass is 79.9. The van der Waals surface area contributed by atoms with Gasteiger partial charge in [0.25, 0.3) is 0 Å². The summed E-state index contributed by atoms with van der Waals surface area (Å²) < 4.78 is 12.3. The Bertz CT molecular complexity index is 780. The van der Waals surface area contributed by atoms with Crippen LogP contribution in [-0.2, 0) is 10.7 Å². The van der Waals surface area contributed by atoms with Gasteiger partial charge in [0, 0.05) is 18.7 Å². The van der Waals surface area contributed by atoms with E-state index < -0.39 is 13.5 Å². The van der Waals surface area contributed by atoms with Gasteiger partial charge in [0.2, 0.25) is 7.37 Å². The maximum Gasteiger partial charge on any atom is 0.207 e. The second-order valence-corrected chi connectivity index (χ2v) is 8.57. The molecule has 26 heavy (non-hydrogen) atoms. The van der Waals surface area contributed by atoms with Crippen LogP contribution in [0.5, 0.6) is 0 Å². The van der Waals surface area contributed by atoms with Crippen LogP contribution in [0.1, 0.15) is 29.7 Å². The van der Waals surface area contributed by atoms with Crippen molar-refractivity contribution in [1.29, 1.82) is 5.26 Å². The molecule has 0 aromatic heterocycles. The number of nitrogens with one attached hydrogen (secondary N) is 1. The Labute approximate surface area is 164 Å². The SMILES string of the molecule is Br.CC(NCC(O)CP(=O)(O)Cc1ccccc1)c1cccc(C#N)c1. The zero-order valence-electron chi connectivity index (χ0n) is 14.6. The first-order valence-corrected chi connectivity index (χ1v) is 10.2. The fourth-order valence-electron chi connectivity index (χ4n) is 2.64. The number of hydrogen-bond donors (Lipinski definition) is 3. The van der Waals surface area contributed by atoms with E-state index in [9.17, 15) is 14.6 Å². The highest BCUT2D eigenvalue weighted by Crippen LogP contribution is 2.44. The van der Waals surface area contributed by atoms with Gasteiger partial charge >= 0.3 is 0 Å². The summed E-state index contributed by atoms with van der Waals surface area (Å²) in [6.45, 7) is 2.13. The second-order valence-electron chi connectivity index (χ2n) is 6.19. The van der Waals surface area contributed by atoms with Crippen molar-refractivity contribution < 1.29 is 14.6 Å². The van der Waals surface area contributed by atoms with Crippen LogP contribution in [0.4, 0.5) is 0 Å². The van der Waals surface area contributed by atoms with Gasteiger partial charge in [-0.1, -0.05) is 42.5 Å². The fourth-order valence-corrected chi connectivity index (χ4v) is 4.33. The van der Waals surface area contributed by atoms with Crippen molar-refractivity contribution in [3.63, 3.8) is 0 Å². The zero-order chi connectivity index (χ0) is 18.3. The third-order valence-electron chi connectivity index (χ3n) is 3.94. The average molecular weight is 439 g/mol. The van der Waals surface area contributed by atoms with Gasteiger partial charge in [-0.3, -0.25) is 4.57 Å². The first kappa shape index (κ1) is 22.6. The van der Waals surface area contributed by atoms with E-state index in [1.54, 1.807) is 24.3 Å². The smallest absolute Gasteiger partial charge is 0.207 e. The molecule has 2 aromatic carbocycles. The molecule has 0 aliphatic carbocycles. The van der Waals surface area contributed by atoms with Crippen molar-refractivity contribution in [1.82, 2.24) is 5.32 Å². The molecule has 0 saturated carbocycles. The number of hydrogen-bond acceptors (Lipinski definition) is 4. The molecule has 3 N–H and O–H groups in total. The van der Waals surface area contributed by atoms with Gasteiger partial charge in [0.1, 0.15) is 0 Å². The molecular formula is C19H24BrN2O3P. The summed E-state index contributed by atoms with van der Waals surface area (Å²) in [7, 11) is -3.45. The fraction of sp³-hybridized carbons (Fsp3) is 0.316. The minimum Gasteiger partial charge on any atom is -0.391 e. The average Bonchev–Trinajstić information content (AvgIpc) is 2.59. The van der Waals surface area contributed by atoms with Gasteiger partial charge in [-0.15, -0.1) is 17.0 Å². The van der Waals surface area contributed by atoms with E-state index in [1.165, 1.54) is 0 Å². The maximum atomic E-state index is 12.3. The highest BCUT2D eigenvalue weighted by Gasteiger charge is 2.23. The Hall–Kier alpha value is -1.48. The van der Waals surface area contributed by atoms with Crippen molar-refractivity contribution >= 4 is 24.4 Å². The van der Waals surface area contributed by atoms with Crippen molar-refractivity contribution in [2.75, 3.05) is 12.7 Å². The van der Waals surface area contributed by atoms with Gasteiger partial charge in [0.05, 0.1) is 23.9 Å². The molecule has 0 aliphatic rings. The lowest BCUT2D eigenvalue weighted by Crippen LogP contribution is -2.31. The van der Waals surface area contributed by atoms with E-state index in [0.29, 0.717) is 5.56 Å². The summed E-state index contributed by atoms with van der Waals surface area (Å²) in [4.78, 5) is 10.1. The van der Waals surface area contributed by atoms with Crippen LogP contribution >= 0.6 is 24.4 Å². The molecule has 3 unspecified atom stereocenters. The lowest BCUT2D eigenvalue weighted by atomic mass is 10.1. The van der Waals surface area contributed by atoms with Crippen LogP contribution < -0.4 is 5.32 Å². The number of nitriles is 1. The Kier molecular flexibility index (Phi) is 9.21. The molecule has 7 heteroatoms. The van der Waals surface area contributed by atoms with Crippen molar-refractivity contribution in [2.45, 2.75) is 25.2 Å². The molecule has 0 radical (unpaired) electrons. The minimum atomic E-state index is -3.45. The summed E-state index contributed by atoms with van der Waals surface area (Å²) in [5.41, 5.74) is 2.30. The van der Waals surface area contributed by atoms with E-state index in [-0.39, 0.29) is 41.9 Å². The Morgan fingerprint density at radius 1 is 1.19 bits per heavy atom. The van der Waals surface area contributed by atoms with Crippen LogP contribution in [0.15, 0.2) is 54.6 Å². The minimum absolute atomic E-state index is 0. The largest absolute Gasteiger partial charge is 0.391 e. The summed E-state index contributed by atoms with van der Waals surface area (Å²) in [6.07, 6.45) is -1.01. The molecule has 0 bridgehead atoms. The van der Waals surface area contributed by atoms with E-state index in [0.717, 1.165) is 11.1 Å². The molecule has 3 atom stereocenters. The predicted octanol–water partition coefficient (Wildman–Crippen LogP) is 3.62. The topological polar surface area (TPSA) is 93.3 Å². The first-order valence-electron chi connectivity index (χ1n) is 8.16. The van der Waals surface area contributed by atoms with Crippen LogP contribution in [0.2, 0.25) is 0 Å².